The van der Waals surface area contributed by atoms with Crippen LogP contribution in [-0.2, 0) is 9.53 Å². The van der Waals surface area contributed by atoms with Crippen molar-refractivity contribution >= 4 is 11.6 Å². The normalized spacial score (nSPS) is 18.4. The number of likely N-dealkylation sites (N-methyl/N-ethyl adjacent to an activating group) is 1. The average Bonchev–Trinajstić information content (AvgIpc) is 2.58. The second-order valence-electron chi connectivity index (χ2n) is 6.40. The van der Waals surface area contributed by atoms with E-state index in [-0.39, 0.29) is 12.0 Å². The van der Waals surface area contributed by atoms with E-state index in [2.05, 4.69) is 5.32 Å². The SMILES string of the molecule is CCOc1ccc(NC(=O)C[NH+](C)C[C@@H]2CCCCO2)cc1OCC. The Balaban J connectivity index is 1.87. The Morgan fingerprint density at radius 2 is 2.00 bits per heavy atom. The highest BCUT2D eigenvalue weighted by Gasteiger charge is 2.20. The molecule has 1 aliphatic heterocycles. The van der Waals surface area contributed by atoms with Gasteiger partial charge in [-0.25, -0.2) is 0 Å². The lowest BCUT2D eigenvalue weighted by Crippen LogP contribution is -3.11. The summed E-state index contributed by atoms with van der Waals surface area (Å²) in [6.07, 6.45) is 3.73. The largest absolute Gasteiger partial charge is 0.490 e. The van der Waals surface area contributed by atoms with Crippen LogP contribution in [0.2, 0.25) is 0 Å². The third-order valence-corrected chi connectivity index (χ3v) is 4.14. The minimum Gasteiger partial charge on any atom is -0.490 e. The van der Waals surface area contributed by atoms with E-state index in [0.717, 1.165) is 36.6 Å². The number of hydrogen-bond acceptors (Lipinski definition) is 4. The summed E-state index contributed by atoms with van der Waals surface area (Å²) in [4.78, 5) is 13.5. The number of rotatable bonds is 9. The number of anilines is 1. The van der Waals surface area contributed by atoms with Crippen molar-refractivity contribution in [3.8, 4) is 11.5 Å². The first-order chi connectivity index (χ1) is 12.1. The molecule has 1 aliphatic rings. The van der Waals surface area contributed by atoms with Crippen molar-refractivity contribution in [3.63, 3.8) is 0 Å². The van der Waals surface area contributed by atoms with Crippen molar-refractivity contribution in [2.45, 2.75) is 39.2 Å². The molecule has 0 bridgehead atoms. The minimum atomic E-state index is -0.0140. The first-order valence-corrected chi connectivity index (χ1v) is 9.24. The van der Waals surface area contributed by atoms with Crippen LogP contribution in [0.4, 0.5) is 5.69 Å². The first-order valence-electron chi connectivity index (χ1n) is 9.24. The van der Waals surface area contributed by atoms with Gasteiger partial charge in [0.25, 0.3) is 5.91 Å². The van der Waals surface area contributed by atoms with Crippen molar-refractivity contribution in [3.05, 3.63) is 18.2 Å². The molecule has 0 saturated carbocycles. The summed E-state index contributed by atoms with van der Waals surface area (Å²) in [6, 6.07) is 5.48. The highest BCUT2D eigenvalue weighted by Crippen LogP contribution is 2.30. The third kappa shape index (κ3) is 6.55. The van der Waals surface area contributed by atoms with Gasteiger partial charge in [0, 0.05) is 18.4 Å². The quantitative estimate of drug-likeness (QED) is 0.708. The molecular formula is C19H31N2O4+. The maximum absolute atomic E-state index is 12.3. The zero-order valence-corrected chi connectivity index (χ0v) is 15.6. The molecule has 0 aromatic heterocycles. The molecule has 6 heteroatoms. The highest BCUT2D eigenvalue weighted by atomic mass is 16.5. The number of benzene rings is 1. The lowest BCUT2D eigenvalue weighted by atomic mass is 10.1. The number of carbonyl (C=O) groups excluding carboxylic acids is 1. The molecular weight excluding hydrogens is 320 g/mol. The van der Waals surface area contributed by atoms with Gasteiger partial charge in [-0.15, -0.1) is 0 Å². The maximum Gasteiger partial charge on any atom is 0.279 e. The molecule has 1 saturated heterocycles. The van der Waals surface area contributed by atoms with Crippen molar-refractivity contribution < 1.29 is 23.9 Å². The van der Waals surface area contributed by atoms with Crippen LogP contribution in [-0.4, -0.2) is 52.0 Å². The fraction of sp³-hybridized carbons (Fsp3) is 0.632. The molecule has 1 aromatic rings. The predicted molar refractivity (Wildman–Crippen MR) is 97.6 cm³/mol. The summed E-state index contributed by atoms with van der Waals surface area (Å²) in [7, 11) is 2.03. The van der Waals surface area contributed by atoms with E-state index >= 15 is 0 Å². The lowest BCUT2D eigenvalue weighted by molar-refractivity contribution is -0.874. The summed E-state index contributed by atoms with van der Waals surface area (Å²) in [5, 5.41) is 2.94. The Bertz CT molecular complexity index is 544. The Morgan fingerprint density at radius 1 is 1.24 bits per heavy atom. The van der Waals surface area contributed by atoms with Crippen molar-refractivity contribution in [1.82, 2.24) is 0 Å². The van der Waals surface area contributed by atoms with Crippen LogP contribution in [0.15, 0.2) is 18.2 Å². The van der Waals surface area contributed by atoms with E-state index in [4.69, 9.17) is 14.2 Å². The number of nitrogens with one attached hydrogen (secondary N) is 2. The average molecular weight is 351 g/mol. The maximum atomic E-state index is 12.3. The summed E-state index contributed by atoms with van der Waals surface area (Å²) < 4.78 is 16.9. The number of carbonyl (C=O) groups is 1. The van der Waals surface area contributed by atoms with E-state index in [0.29, 0.717) is 31.3 Å². The van der Waals surface area contributed by atoms with Gasteiger partial charge in [0.2, 0.25) is 0 Å². The molecule has 2 N–H and O–H groups in total. The van der Waals surface area contributed by atoms with Crippen molar-refractivity contribution in [2.24, 2.45) is 0 Å². The predicted octanol–water partition coefficient (Wildman–Crippen LogP) is 1.51. The third-order valence-electron chi connectivity index (χ3n) is 4.14. The van der Waals surface area contributed by atoms with E-state index < -0.39 is 0 Å². The second-order valence-corrected chi connectivity index (χ2v) is 6.40. The molecule has 0 spiro atoms. The fourth-order valence-electron chi connectivity index (χ4n) is 3.04. The van der Waals surface area contributed by atoms with Gasteiger partial charge in [-0.1, -0.05) is 0 Å². The van der Waals surface area contributed by atoms with E-state index in [1.54, 1.807) is 0 Å². The van der Waals surface area contributed by atoms with Crippen LogP contribution in [0.3, 0.4) is 0 Å². The molecule has 1 aromatic carbocycles. The van der Waals surface area contributed by atoms with Gasteiger partial charge in [0.1, 0.15) is 12.6 Å². The van der Waals surface area contributed by atoms with Crippen LogP contribution < -0.4 is 19.7 Å². The van der Waals surface area contributed by atoms with Gasteiger partial charge in [0.05, 0.1) is 20.3 Å². The molecule has 1 fully saturated rings. The molecule has 25 heavy (non-hydrogen) atoms. The molecule has 1 heterocycles. The van der Waals surface area contributed by atoms with E-state index in [9.17, 15) is 4.79 Å². The molecule has 6 nitrogen and oxygen atoms in total. The van der Waals surface area contributed by atoms with Gasteiger partial charge in [0.15, 0.2) is 18.0 Å². The second kappa shape index (κ2) is 10.3. The summed E-state index contributed by atoms with van der Waals surface area (Å²) in [5.41, 5.74) is 0.721. The van der Waals surface area contributed by atoms with E-state index in [1.165, 1.54) is 6.42 Å². The topological polar surface area (TPSA) is 61.2 Å². The smallest absolute Gasteiger partial charge is 0.279 e. The van der Waals surface area contributed by atoms with Crippen molar-refractivity contribution in [1.29, 1.82) is 0 Å². The van der Waals surface area contributed by atoms with Crippen molar-refractivity contribution in [2.75, 3.05) is 45.3 Å². The van der Waals surface area contributed by atoms with Gasteiger partial charge in [-0.2, -0.15) is 0 Å². The van der Waals surface area contributed by atoms with Gasteiger partial charge >= 0.3 is 0 Å². The first kappa shape index (κ1) is 19.5. The standard InChI is InChI=1S/C19H30N2O4/c1-4-23-17-10-9-15(12-18(17)24-5-2)20-19(22)14-21(3)13-16-8-6-7-11-25-16/h9-10,12,16H,4-8,11,13-14H2,1-3H3,(H,20,22)/p+1/t16-/m0/s1. The molecule has 0 aliphatic carbocycles. The van der Waals surface area contributed by atoms with Crippen LogP contribution >= 0.6 is 0 Å². The molecule has 2 atom stereocenters. The number of quaternary nitrogens is 1. The monoisotopic (exact) mass is 351 g/mol. The van der Waals surface area contributed by atoms with Crippen LogP contribution in [0.1, 0.15) is 33.1 Å². The van der Waals surface area contributed by atoms with Gasteiger partial charge < -0.3 is 24.4 Å². The van der Waals surface area contributed by atoms with Gasteiger partial charge in [-0.3, -0.25) is 4.79 Å². The molecule has 0 radical (unpaired) electrons. The summed E-state index contributed by atoms with van der Waals surface area (Å²) in [5.74, 6) is 1.33. The molecule has 140 valence electrons. The molecule has 1 unspecified atom stereocenters. The molecule has 2 rings (SSSR count). The van der Waals surface area contributed by atoms with Crippen LogP contribution in [0.25, 0.3) is 0 Å². The Hall–Kier alpha value is -1.79. The zero-order chi connectivity index (χ0) is 18.1. The Kier molecular flexibility index (Phi) is 8.01. The van der Waals surface area contributed by atoms with E-state index in [1.807, 2.05) is 39.1 Å². The Morgan fingerprint density at radius 3 is 2.68 bits per heavy atom. The number of hydrogen-bond donors (Lipinski definition) is 2. The summed E-state index contributed by atoms with van der Waals surface area (Å²) >= 11 is 0. The lowest BCUT2D eigenvalue weighted by Gasteiger charge is -2.25. The minimum absolute atomic E-state index is 0.0140. The summed E-state index contributed by atoms with van der Waals surface area (Å²) in [6.45, 7) is 7.09. The highest BCUT2D eigenvalue weighted by molar-refractivity contribution is 5.91. The number of ether oxygens (including phenoxy) is 3. The number of amides is 1. The fourth-order valence-corrected chi connectivity index (χ4v) is 3.04. The zero-order valence-electron chi connectivity index (χ0n) is 15.6. The van der Waals surface area contributed by atoms with Gasteiger partial charge in [-0.05, 0) is 45.2 Å². The Labute approximate surface area is 150 Å². The van der Waals surface area contributed by atoms with Crippen LogP contribution in [0.5, 0.6) is 11.5 Å². The van der Waals surface area contributed by atoms with Crippen LogP contribution in [0, 0.1) is 0 Å². The molecule has 1 amide bonds.